The molecule has 6 nitrogen and oxygen atoms in total. The molecule has 2 aromatic carbocycles. The second kappa shape index (κ2) is 7.89. The number of hydrogen-bond acceptors (Lipinski definition) is 7. The van der Waals surface area contributed by atoms with Crippen molar-refractivity contribution >= 4 is 33.9 Å². The fourth-order valence-electron chi connectivity index (χ4n) is 2.60. The Morgan fingerprint density at radius 2 is 1.93 bits per heavy atom. The average Bonchev–Trinajstić information content (AvgIpc) is 3.32. The maximum atomic E-state index is 4.65. The van der Waals surface area contributed by atoms with Crippen LogP contribution in [0.2, 0.25) is 0 Å². The van der Waals surface area contributed by atoms with Crippen LogP contribution in [0, 0.1) is 13.8 Å². The third-order valence-electron chi connectivity index (χ3n) is 4.17. The van der Waals surface area contributed by atoms with Gasteiger partial charge in [0.05, 0.1) is 11.4 Å². The predicted molar refractivity (Wildman–Crippen MR) is 110 cm³/mol. The van der Waals surface area contributed by atoms with E-state index in [4.69, 9.17) is 0 Å². The van der Waals surface area contributed by atoms with Crippen LogP contribution < -0.4 is 5.32 Å². The predicted octanol–water partition coefficient (Wildman–Crippen LogP) is 4.77. The lowest BCUT2D eigenvalue weighted by molar-refractivity contribution is 0.751. The van der Waals surface area contributed by atoms with Crippen molar-refractivity contribution in [2.75, 3.05) is 5.32 Å². The quantitative estimate of drug-likeness (QED) is 0.475. The van der Waals surface area contributed by atoms with Crippen molar-refractivity contribution in [1.82, 2.24) is 25.2 Å². The van der Waals surface area contributed by atoms with Gasteiger partial charge in [-0.15, -0.1) is 16.4 Å². The van der Waals surface area contributed by atoms with Crippen LogP contribution in [-0.2, 0) is 5.75 Å². The number of benzene rings is 2. The smallest absolute Gasteiger partial charge is 0.214 e. The summed E-state index contributed by atoms with van der Waals surface area (Å²) in [5, 5.41) is 19.2. The second-order valence-electron chi connectivity index (χ2n) is 6.02. The third kappa shape index (κ3) is 4.01. The number of thiazole rings is 1. The van der Waals surface area contributed by atoms with Crippen molar-refractivity contribution in [2.24, 2.45) is 0 Å². The summed E-state index contributed by atoms with van der Waals surface area (Å²) in [5.74, 6) is 0.707. The van der Waals surface area contributed by atoms with Crippen LogP contribution in [-0.4, -0.2) is 25.2 Å². The maximum Gasteiger partial charge on any atom is 0.214 e. The van der Waals surface area contributed by atoms with Gasteiger partial charge in [0, 0.05) is 16.8 Å². The standard InChI is InChI=1S/C19H18N6S2/c1-13-7-6-10-17(14(13)2)25-19(22-23-24-25)27-12-16-11-26-18(21-16)20-15-8-4-3-5-9-15/h3-11H,12H2,1-2H3,(H,20,21). The number of rotatable bonds is 6. The number of nitrogens with one attached hydrogen (secondary N) is 1. The van der Waals surface area contributed by atoms with Crippen molar-refractivity contribution < 1.29 is 0 Å². The van der Waals surface area contributed by atoms with E-state index in [2.05, 4.69) is 51.1 Å². The Kier molecular flexibility index (Phi) is 5.17. The Hall–Kier alpha value is -2.71. The summed E-state index contributed by atoms with van der Waals surface area (Å²) in [6.45, 7) is 4.18. The van der Waals surface area contributed by atoms with Crippen molar-refractivity contribution in [3.8, 4) is 5.69 Å². The molecule has 2 heterocycles. The largest absolute Gasteiger partial charge is 0.332 e. The maximum absolute atomic E-state index is 4.65. The molecule has 4 aromatic rings. The van der Waals surface area contributed by atoms with Crippen LogP contribution in [0.5, 0.6) is 0 Å². The molecule has 0 amide bonds. The first kappa shape index (κ1) is 17.7. The SMILES string of the molecule is Cc1cccc(-n2nnnc2SCc2csc(Nc3ccccc3)n2)c1C. The molecular weight excluding hydrogens is 376 g/mol. The number of thioether (sulfide) groups is 1. The summed E-state index contributed by atoms with van der Waals surface area (Å²) >= 11 is 3.17. The zero-order valence-corrected chi connectivity index (χ0v) is 16.6. The lowest BCUT2D eigenvalue weighted by atomic mass is 10.1. The highest BCUT2D eigenvalue weighted by atomic mass is 32.2. The van der Waals surface area contributed by atoms with Gasteiger partial charge in [-0.25, -0.2) is 4.98 Å². The number of aryl methyl sites for hydroxylation is 1. The molecule has 1 N–H and O–H groups in total. The molecule has 0 aliphatic heterocycles. The molecular formula is C19H18N6S2. The van der Waals surface area contributed by atoms with Crippen LogP contribution in [0.25, 0.3) is 5.69 Å². The monoisotopic (exact) mass is 394 g/mol. The summed E-state index contributed by atoms with van der Waals surface area (Å²) < 4.78 is 1.79. The molecule has 0 aliphatic carbocycles. The summed E-state index contributed by atoms with van der Waals surface area (Å²) in [6.07, 6.45) is 0. The van der Waals surface area contributed by atoms with Crippen LogP contribution >= 0.6 is 23.1 Å². The summed E-state index contributed by atoms with van der Waals surface area (Å²) in [6, 6.07) is 16.2. The highest BCUT2D eigenvalue weighted by Gasteiger charge is 2.13. The molecule has 0 spiro atoms. The lowest BCUT2D eigenvalue weighted by Crippen LogP contribution is -2.02. The topological polar surface area (TPSA) is 68.5 Å². The number of tetrazole rings is 1. The highest BCUT2D eigenvalue weighted by molar-refractivity contribution is 7.98. The fourth-order valence-corrected chi connectivity index (χ4v) is 4.21. The van der Waals surface area contributed by atoms with Gasteiger partial charge in [-0.1, -0.05) is 42.1 Å². The van der Waals surface area contributed by atoms with E-state index in [-0.39, 0.29) is 0 Å². The van der Waals surface area contributed by atoms with E-state index in [0.717, 1.165) is 27.4 Å². The van der Waals surface area contributed by atoms with Gasteiger partial charge < -0.3 is 5.32 Å². The first-order chi connectivity index (χ1) is 13.2. The minimum atomic E-state index is 0.707. The number of para-hydroxylation sites is 1. The molecule has 0 fully saturated rings. The van der Waals surface area contributed by atoms with Crippen LogP contribution in [0.15, 0.2) is 59.1 Å². The summed E-state index contributed by atoms with van der Waals surface area (Å²) in [7, 11) is 0. The molecule has 136 valence electrons. The van der Waals surface area contributed by atoms with Crippen LogP contribution in [0.1, 0.15) is 16.8 Å². The number of hydrogen-bond donors (Lipinski definition) is 1. The Balaban J connectivity index is 1.46. The zero-order valence-electron chi connectivity index (χ0n) is 15.0. The first-order valence-electron chi connectivity index (χ1n) is 8.45. The summed E-state index contributed by atoms with van der Waals surface area (Å²) in [4.78, 5) is 4.65. The van der Waals surface area contributed by atoms with Crippen molar-refractivity contribution in [3.05, 3.63) is 70.7 Å². The van der Waals surface area contributed by atoms with E-state index in [1.165, 1.54) is 11.1 Å². The van der Waals surface area contributed by atoms with E-state index in [1.54, 1.807) is 27.8 Å². The average molecular weight is 395 g/mol. The molecule has 4 rings (SSSR count). The van der Waals surface area contributed by atoms with Gasteiger partial charge >= 0.3 is 0 Å². The van der Waals surface area contributed by atoms with Crippen molar-refractivity contribution in [1.29, 1.82) is 0 Å². The van der Waals surface area contributed by atoms with Crippen molar-refractivity contribution in [3.63, 3.8) is 0 Å². The molecule has 0 atom stereocenters. The minimum Gasteiger partial charge on any atom is -0.332 e. The summed E-state index contributed by atoms with van der Waals surface area (Å²) in [5.41, 5.74) is 5.43. The number of aromatic nitrogens is 5. The van der Waals surface area contributed by atoms with E-state index in [1.807, 2.05) is 42.5 Å². The minimum absolute atomic E-state index is 0.707. The van der Waals surface area contributed by atoms with Gasteiger partial charge in [0.15, 0.2) is 5.13 Å². The van der Waals surface area contributed by atoms with Gasteiger partial charge in [0.25, 0.3) is 0 Å². The van der Waals surface area contributed by atoms with E-state index < -0.39 is 0 Å². The number of nitrogens with zero attached hydrogens (tertiary/aromatic N) is 5. The van der Waals surface area contributed by atoms with Crippen molar-refractivity contribution in [2.45, 2.75) is 24.8 Å². The van der Waals surface area contributed by atoms with E-state index in [9.17, 15) is 0 Å². The van der Waals surface area contributed by atoms with Crippen LogP contribution in [0.3, 0.4) is 0 Å². The fraction of sp³-hybridized carbons (Fsp3) is 0.158. The van der Waals surface area contributed by atoms with Gasteiger partial charge in [-0.05, 0) is 53.6 Å². The molecule has 8 heteroatoms. The molecule has 0 unspecified atom stereocenters. The molecule has 0 aliphatic rings. The molecule has 0 saturated heterocycles. The van der Waals surface area contributed by atoms with E-state index >= 15 is 0 Å². The Morgan fingerprint density at radius 3 is 2.78 bits per heavy atom. The molecule has 0 bridgehead atoms. The van der Waals surface area contributed by atoms with Gasteiger partial charge in [0.2, 0.25) is 5.16 Å². The number of anilines is 2. The molecule has 2 aromatic heterocycles. The van der Waals surface area contributed by atoms with Gasteiger partial charge in [-0.3, -0.25) is 0 Å². The second-order valence-corrected chi connectivity index (χ2v) is 7.82. The third-order valence-corrected chi connectivity index (χ3v) is 5.93. The Bertz CT molecular complexity index is 1040. The molecule has 27 heavy (non-hydrogen) atoms. The Labute approximate surface area is 165 Å². The Morgan fingerprint density at radius 1 is 1.07 bits per heavy atom. The zero-order chi connectivity index (χ0) is 18.6. The van der Waals surface area contributed by atoms with Crippen LogP contribution in [0.4, 0.5) is 10.8 Å². The lowest BCUT2D eigenvalue weighted by Gasteiger charge is -2.09. The normalized spacial score (nSPS) is 10.9. The highest BCUT2D eigenvalue weighted by Crippen LogP contribution is 2.27. The van der Waals surface area contributed by atoms with E-state index in [0.29, 0.717) is 5.75 Å². The van der Waals surface area contributed by atoms with Gasteiger partial charge in [-0.2, -0.15) is 4.68 Å². The molecule has 0 saturated carbocycles. The molecule has 0 radical (unpaired) electrons. The first-order valence-corrected chi connectivity index (χ1v) is 10.3. The van der Waals surface area contributed by atoms with Gasteiger partial charge in [0.1, 0.15) is 0 Å².